The van der Waals surface area contributed by atoms with E-state index in [1.165, 1.54) is 4.90 Å². The summed E-state index contributed by atoms with van der Waals surface area (Å²) < 4.78 is 11.1. The zero-order valence-corrected chi connectivity index (χ0v) is 30.3. The third-order valence-corrected chi connectivity index (χ3v) is 7.57. The molecule has 0 spiro atoms. The van der Waals surface area contributed by atoms with E-state index in [4.69, 9.17) is 9.47 Å². The summed E-state index contributed by atoms with van der Waals surface area (Å²) in [6.45, 7) is 14.9. The van der Waals surface area contributed by atoms with Crippen LogP contribution in [0.25, 0.3) is 0 Å². The molecule has 47 heavy (non-hydrogen) atoms. The lowest BCUT2D eigenvalue weighted by atomic mass is 9.99. The van der Waals surface area contributed by atoms with E-state index in [0.29, 0.717) is 12.0 Å². The zero-order chi connectivity index (χ0) is 35.2. The highest BCUT2D eigenvalue weighted by molar-refractivity contribution is 7.80. The molecule has 260 valence electrons. The highest BCUT2D eigenvalue weighted by Crippen LogP contribution is 2.25. The minimum atomic E-state index is -1.10. The summed E-state index contributed by atoms with van der Waals surface area (Å²) in [6.07, 6.45) is 4.07. The van der Waals surface area contributed by atoms with Gasteiger partial charge in [0.1, 0.15) is 29.3 Å². The number of benzene rings is 2. The topological polar surface area (TPSA) is 114 Å². The molecule has 2 aromatic carbocycles. The van der Waals surface area contributed by atoms with Crippen molar-refractivity contribution in [2.75, 3.05) is 12.3 Å². The molecule has 3 amide bonds. The zero-order valence-electron chi connectivity index (χ0n) is 29.4. The van der Waals surface area contributed by atoms with E-state index in [1.54, 1.807) is 41.5 Å². The van der Waals surface area contributed by atoms with Crippen LogP contribution in [0.3, 0.4) is 0 Å². The molecule has 0 fully saturated rings. The Balaban J connectivity index is 2.56. The molecule has 2 aromatic rings. The Morgan fingerprint density at radius 1 is 0.787 bits per heavy atom. The molecule has 0 aliphatic rings. The van der Waals surface area contributed by atoms with Gasteiger partial charge in [0.25, 0.3) is 0 Å². The van der Waals surface area contributed by atoms with Crippen molar-refractivity contribution in [2.45, 2.75) is 123 Å². The molecule has 0 aromatic heterocycles. The Bertz CT molecular complexity index is 1290. The maximum atomic E-state index is 14.5. The highest BCUT2D eigenvalue weighted by Gasteiger charge is 2.38. The normalized spacial score (nSPS) is 13.6. The van der Waals surface area contributed by atoms with Crippen molar-refractivity contribution >= 4 is 36.5 Å². The summed E-state index contributed by atoms with van der Waals surface area (Å²) in [5, 5.41) is 5.59. The van der Waals surface area contributed by atoms with Crippen molar-refractivity contribution < 1.29 is 28.7 Å². The molecular weight excluding hydrogens is 614 g/mol. The van der Waals surface area contributed by atoms with E-state index in [-0.39, 0.29) is 18.7 Å². The SMILES string of the molecule is CCCCCCCN(C(=O)C(CS)NC(=O)OC(C)(C)C)C(C(=O)NC(Cc1ccccc1)C(=O)OC(C)(C)C)c1ccc(C)cc1. The Labute approximate surface area is 286 Å². The summed E-state index contributed by atoms with van der Waals surface area (Å²) in [4.78, 5) is 56.5. The summed E-state index contributed by atoms with van der Waals surface area (Å²) in [5.74, 6) is -1.59. The van der Waals surface area contributed by atoms with E-state index < -0.39 is 53.2 Å². The van der Waals surface area contributed by atoms with Crippen molar-refractivity contribution in [3.8, 4) is 0 Å². The van der Waals surface area contributed by atoms with E-state index in [2.05, 4.69) is 30.2 Å². The molecule has 0 saturated heterocycles. The van der Waals surface area contributed by atoms with Crippen LogP contribution in [0.1, 0.15) is 103 Å². The van der Waals surface area contributed by atoms with E-state index in [0.717, 1.165) is 36.8 Å². The quantitative estimate of drug-likeness (QED) is 0.104. The van der Waals surface area contributed by atoms with E-state index >= 15 is 0 Å². The van der Waals surface area contributed by atoms with Gasteiger partial charge < -0.3 is 25.0 Å². The van der Waals surface area contributed by atoms with E-state index in [1.807, 2.05) is 61.5 Å². The summed E-state index contributed by atoms with van der Waals surface area (Å²) in [6, 6.07) is 13.6. The average Bonchev–Trinajstić information content (AvgIpc) is 2.98. The molecule has 0 saturated carbocycles. The monoisotopic (exact) mass is 669 g/mol. The second kappa shape index (κ2) is 18.7. The highest BCUT2D eigenvalue weighted by atomic mass is 32.1. The second-order valence-corrected chi connectivity index (χ2v) is 14.3. The Morgan fingerprint density at radius 2 is 1.38 bits per heavy atom. The van der Waals surface area contributed by atoms with Gasteiger partial charge >= 0.3 is 12.1 Å². The molecule has 10 heteroatoms. The number of aryl methyl sites for hydroxylation is 1. The summed E-state index contributed by atoms with van der Waals surface area (Å²) in [5.41, 5.74) is 0.859. The lowest BCUT2D eigenvalue weighted by Gasteiger charge is -2.35. The molecule has 9 nitrogen and oxygen atoms in total. The molecule has 2 N–H and O–H groups in total. The lowest BCUT2D eigenvalue weighted by molar-refractivity contribution is -0.159. The van der Waals surface area contributed by atoms with Crippen LogP contribution in [0.5, 0.6) is 0 Å². The molecule has 2 rings (SSSR count). The number of rotatable bonds is 16. The first-order chi connectivity index (χ1) is 22.0. The third kappa shape index (κ3) is 14.4. The maximum Gasteiger partial charge on any atom is 0.408 e. The van der Waals surface area contributed by atoms with Crippen LogP contribution in [-0.4, -0.2) is 64.4 Å². The molecule has 3 atom stereocenters. The largest absolute Gasteiger partial charge is 0.458 e. The second-order valence-electron chi connectivity index (χ2n) is 13.9. The smallest absolute Gasteiger partial charge is 0.408 e. The van der Waals surface area contributed by atoms with Gasteiger partial charge in [0.15, 0.2) is 0 Å². The number of carbonyl (C=O) groups excluding carboxylic acids is 4. The predicted octanol–water partition coefficient (Wildman–Crippen LogP) is 6.73. The van der Waals surface area contributed by atoms with Gasteiger partial charge in [-0.2, -0.15) is 12.6 Å². The molecule has 0 heterocycles. The van der Waals surface area contributed by atoms with Gasteiger partial charge in [0.2, 0.25) is 11.8 Å². The minimum absolute atomic E-state index is 0.0127. The van der Waals surface area contributed by atoms with Gasteiger partial charge in [-0.15, -0.1) is 0 Å². The molecule has 0 aliphatic heterocycles. The van der Waals surface area contributed by atoms with E-state index in [9.17, 15) is 19.2 Å². The van der Waals surface area contributed by atoms with Crippen LogP contribution < -0.4 is 10.6 Å². The number of nitrogens with zero attached hydrogens (tertiary/aromatic N) is 1. The molecule has 0 aliphatic carbocycles. The molecule has 0 radical (unpaired) electrons. The first-order valence-corrected chi connectivity index (χ1v) is 17.2. The number of ether oxygens (including phenoxy) is 2. The first kappa shape index (κ1) is 39.6. The average molecular weight is 670 g/mol. The van der Waals surface area contributed by atoms with Gasteiger partial charge in [-0.05, 0) is 66.0 Å². The van der Waals surface area contributed by atoms with Crippen LogP contribution in [0.2, 0.25) is 0 Å². The third-order valence-electron chi connectivity index (χ3n) is 7.20. The van der Waals surface area contributed by atoms with Gasteiger partial charge in [-0.25, -0.2) is 9.59 Å². The Kier molecular flexibility index (Phi) is 15.8. The number of carbonyl (C=O) groups is 4. The maximum absolute atomic E-state index is 14.5. The predicted molar refractivity (Wildman–Crippen MR) is 189 cm³/mol. The van der Waals surface area contributed by atoms with Crippen molar-refractivity contribution in [2.24, 2.45) is 0 Å². The summed E-state index contributed by atoms with van der Waals surface area (Å²) >= 11 is 4.39. The van der Waals surface area contributed by atoms with Crippen LogP contribution >= 0.6 is 12.6 Å². The fraction of sp³-hybridized carbons (Fsp3) is 0.568. The van der Waals surface area contributed by atoms with Crippen LogP contribution in [0, 0.1) is 6.92 Å². The van der Waals surface area contributed by atoms with Crippen LogP contribution in [-0.2, 0) is 30.3 Å². The molecule has 3 unspecified atom stereocenters. The molecule has 0 bridgehead atoms. The van der Waals surface area contributed by atoms with Crippen LogP contribution in [0.15, 0.2) is 54.6 Å². The fourth-order valence-corrected chi connectivity index (χ4v) is 5.22. The number of amides is 3. The standard InChI is InChI=1S/C37H55N3O6S/c1-9-10-11-12-16-23-40(33(42)30(25-47)39-35(44)46-37(6,7)8)31(28-21-19-26(2)20-22-28)32(41)38-29(34(43)45-36(3,4)5)24-27-17-14-13-15-18-27/h13-15,17-22,29-31,47H,9-12,16,23-25H2,1-8H3,(H,38,41)(H,39,44). The number of thiol groups is 1. The minimum Gasteiger partial charge on any atom is -0.458 e. The van der Waals surface area contributed by atoms with Crippen molar-refractivity contribution in [3.05, 3.63) is 71.3 Å². The Hall–Kier alpha value is -3.53. The number of nitrogens with one attached hydrogen (secondary N) is 2. The number of hydrogen-bond acceptors (Lipinski definition) is 7. The van der Waals surface area contributed by atoms with Crippen molar-refractivity contribution in [1.29, 1.82) is 0 Å². The number of alkyl carbamates (subject to hydrolysis) is 1. The lowest BCUT2D eigenvalue weighted by Crippen LogP contribution is -2.55. The van der Waals surface area contributed by atoms with Gasteiger partial charge in [-0.3, -0.25) is 9.59 Å². The Morgan fingerprint density at radius 3 is 1.94 bits per heavy atom. The fourth-order valence-electron chi connectivity index (χ4n) is 4.98. The van der Waals surface area contributed by atoms with Crippen LogP contribution in [0.4, 0.5) is 4.79 Å². The molecular formula is C37H55N3O6S. The first-order valence-electron chi connectivity index (χ1n) is 16.6. The number of hydrogen-bond donors (Lipinski definition) is 3. The number of esters is 1. The van der Waals surface area contributed by atoms with Gasteiger partial charge in [-0.1, -0.05) is 92.8 Å². The van der Waals surface area contributed by atoms with Crippen molar-refractivity contribution in [3.63, 3.8) is 0 Å². The van der Waals surface area contributed by atoms with Gasteiger partial charge in [0.05, 0.1) is 0 Å². The number of unbranched alkanes of at least 4 members (excludes halogenated alkanes) is 4. The van der Waals surface area contributed by atoms with Crippen molar-refractivity contribution in [1.82, 2.24) is 15.5 Å². The summed E-state index contributed by atoms with van der Waals surface area (Å²) in [7, 11) is 0. The van der Waals surface area contributed by atoms with Gasteiger partial charge in [0, 0.05) is 18.7 Å².